The van der Waals surface area contributed by atoms with Gasteiger partial charge in [0.1, 0.15) is 0 Å². The maximum Gasteiger partial charge on any atom is 0.164 e. The summed E-state index contributed by atoms with van der Waals surface area (Å²) in [6.07, 6.45) is 0. The van der Waals surface area contributed by atoms with Gasteiger partial charge in [0.05, 0.1) is 11.0 Å². The summed E-state index contributed by atoms with van der Waals surface area (Å²) in [5.74, 6) is 1.90. The monoisotopic (exact) mass is 752 g/mol. The highest BCUT2D eigenvalue weighted by Crippen LogP contribution is 2.39. The molecule has 0 amide bonds. The van der Waals surface area contributed by atoms with E-state index in [4.69, 9.17) is 15.0 Å². The molecular formula is C55H36N4. The van der Waals surface area contributed by atoms with Gasteiger partial charge in [-0.05, 0) is 80.6 Å². The van der Waals surface area contributed by atoms with Crippen molar-refractivity contribution in [3.63, 3.8) is 0 Å². The lowest BCUT2D eigenvalue weighted by Crippen LogP contribution is -2.01. The third-order valence-corrected chi connectivity index (χ3v) is 11.3. The highest BCUT2D eigenvalue weighted by atomic mass is 15.0. The summed E-state index contributed by atoms with van der Waals surface area (Å²) in [4.78, 5) is 15.4. The average molecular weight is 753 g/mol. The summed E-state index contributed by atoms with van der Waals surface area (Å²) in [6.45, 7) is 0. The fourth-order valence-electron chi connectivity index (χ4n) is 8.41. The molecule has 0 fully saturated rings. The van der Waals surface area contributed by atoms with E-state index in [1.54, 1.807) is 0 Å². The number of hydrogen-bond donors (Lipinski definition) is 0. The lowest BCUT2D eigenvalue weighted by atomic mass is 9.98. The third-order valence-electron chi connectivity index (χ3n) is 11.3. The Kier molecular flexibility index (Phi) is 8.45. The molecule has 0 aliphatic rings. The number of benzene rings is 9. The first kappa shape index (κ1) is 34.3. The van der Waals surface area contributed by atoms with Crippen molar-refractivity contribution in [3.05, 3.63) is 218 Å². The van der Waals surface area contributed by atoms with Crippen LogP contribution in [0.25, 0.3) is 106 Å². The Bertz CT molecular complexity index is 3300. The van der Waals surface area contributed by atoms with Crippen LogP contribution in [0.1, 0.15) is 0 Å². The van der Waals surface area contributed by atoms with Crippen LogP contribution in [-0.4, -0.2) is 19.5 Å². The molecule has 276 valence electrons. The Labute approximate surface area is 342 Å². The maximum absolute atomic E-state index is 5.19. The van der Waals surface area contributed by atoms with Gasteiger partial charge in [0, 0.05) is 33.2 Å². The van der Waals surface area contributed by atoms with Crippen molar-refractivity contribution in [1.82, 2.24) is 19.5 Å². The van der Waals surface area contributed by atoms with Gasteiger partial charge in [-0.1, -0.05) is 182 Å². The molecule has 0 saturated carbocycles. The van der Waals surface area contributed by atoms with Gasteiger partial charge in [0.2, 0.25) is 0 Å². The molecule has 11 aromatic rings. The first-order valence-electron chi connectivity index (χ1n) is 19.9. The van der Waals surface area contributed by atoms with Gasteiger partial charge in [0.25, 0.3) is 0 Å². The van der Waals surface area contributed by atoms with E-state index in [9.17, 15) is 0 Å². The minimum absolute atomic E-state index is 0.629. The van der Waals surface area contributed by atoms with Crippen molar-refractivity contribution in [3.8, 4) is 73.2 Å². The van der Waals surface area contributed by atoms with Crippen LogP contribution in [0.2, 0.25) is 0 Å². The second-order valence-electron chi connectivity index (χ2n) is 14.8. The molecule has 0 radical (unpaired) electrons. The molecule has 0 aliphatic heterocycles. The second-order valence-corrected chi connectivity index (χ2v) is 14.8. The fourth-order valence-corrected chi connectivity index (χ4v) is 8.41. The number of aromatic nitrogens is 4. The van der Waals surface area contributed by atoms with E-state index in [1.165, 1.54) is 49.4 Å². The van der Waals surface area contributed by atoms with Gasteiger partial charge in [-0.2, -0.15) is 0 Å². The van der Waals surface area contributed by atoms with E-state index in [1.807, 2.05) is 24.3 Å². The number of fused-ring (bicyclic) bond motifs is 4. The van der Waals surface area contributed by atoms with Crippen LogP contribution < -0.4 is 0 Å². The smallest absolute Gasteiger partial charge is 0.164 e. The number of rotatable bonds is 7. The topological polar surface area (TPSA) is 43.6 Å². The molecule has 4 heteroatoms. The quantitative estimate of drug-likeness (QED) is 0.163. The van der Waals surface area contributed by atoms with Crippen LogP contribution in [0.15, 0.2) is 218 Å². The molecule has 4 nitrogen and oxygen atoms in total. The summed E-state index contributed by atoms with van der Waals surface area (Å²) in [6, 6.07) is 77.0. The summed E-state index contributed by atoms with van der Waals surface area (Å²) >= 11 is 0. The van der Waals surface area contributed by atoms with Crippen molar-refractivity contribution < 1.29 is 0 Å². The number of nitrogens with zero attached hydrogens (tertiary/aromatic N) is 4. The molecule has 0 aliphatic carbocycles. The Morgan fingerprint density at radius 3 is 1.51 bits per heavy atom. The van der Waals surface area contributed by atoms with Crippen LogP contribution >= 0.6 is 0 Å². The van der Waals surface area contributed by atoms with Crippen molar-refractivity contribution in [2.75, 3.05) is 0 Å². The van der Waals surface area contributed by atoms with Crippen molar-refractivity contribution in [1.29, 1.82) is 0 Å². The molecular weight excluding hydrogens is 717 g/mol. The van der Waals surface area contributed by atoms with E-state index in [0.717, 1.165) is 38.9 Å². The minimum atomic E-state index is 0.629. The third kappa shape index (κ3) is 6.24. The molecule has 2 heterocycles. The van der Waals surface area contributed by atoms with E-state index in [-0.39, 0.29) is 0 Å². The normalized spacial score (nSPS) is 11.4. The Balaban J connectivity index is 1.01. The minimum Gasteiger partial charge on any atom is -0.309 e. The predicted octanol–water partition coefficient (Wildman–Crippen LogP) is 14.1. The van der Waals surface area contributed by atoms with Crippen LogP contribution in [0.4, 0.5) is 0 Å². The SMILES string of the molecule is c1ccc(-c2ccc3cc(-c4nc(-c5ccccc5)nc(-c5ccccc5-c5ccc(-n6c7ccccc7c7c(-c8ccccc8)cccc76)cc5)n4)ccc3c2)cc1. The molecule has 0 bridgehead atoms. The molecule has 0 N–H and O–H groups in total. The molecule has 59 heavy (non-hydrogen) atoms. The zero-order valence-corrected chi connectivity index (χ0v) is 32.1. The summed E-state index contributed by atoms with van der Waals surface area (Å²) in [5, 5.41) is 4.79. The van der Waals surface area contributed by atoms with Crippen molar-refractivity contribution >= 4 is 32.6 Å². The van der Waals surface area contributed by atoms with E-state index in [2.05, 4.69) is 199 Å². The van der Waals surface area contributed by atoms with Gasteiger partial charge in [-0.3, -0.25) is 0 Å². The number of hydrogen-bond acceptors (Lipinski definition) is 3. The summed E-state index contributed by atoms with van der Waals surface area (Å²) < 4.78 is 2.38. The van der Waals surface area contributed by atoms with Crippen LogP contribution in [0, 0.1) is 0 Å². The van der Waals surface area contributed by atoms with Gasteiger partial charge in [0.15, 0.2) is 17.5 Å². The van der Waals surface area contributed by atoms with E-state index < -0.39 is 0 Å². The Morgan fingerprint density at radius 2 is 0.780 bits per heavy atom. The van der Waals surface area contributed by atoms with Gasteiger partial charge in [-0.15, -0.1) is 0 Å². The lowest BCUT2D eigenvalue weighted by molar-refractivity contribution is 1.07. The molecule has 0 saturated heterocycles. The van der Waals surface area contributed by atoms with Crippen molar-refractivity contribution in [2.45, 2.75) is 0 Å². The van der Waals surface area contributed by atoms with Gasteiger partial charge in [-0.25, -0.2) is 15.0 Å². The van der Waals surface area contributed by atoms with Gasteiger partial charge < -0.3 is 4.57 Å². The standard InChI is InChI=1S/C55H36N4/c1-4-15-37(16-5-1)41-27-28-43-36-44(30-29-42(43)35-41)54-56-53(40-19-8-3-9-20-40)57-55(58-54)48-22-11-10-21-46(48)39-31-33-45(34-32-39)59-50-25-13-12-23-49(50)52-47(24-14-26-51(52)59)38-17-6-2-7-18-38/h1-36H. The van der Waals surface area contributed by atoms with E-state index >= 15 is 0 Å². The van der Waals surface area contributed by atoms with Crippen LogP contribution in [-0.2, 0) is 0 Å². The summed E-state index contributed by atoms with van der Waals surface area (Å²) in [7, 11) is 0. The van der Waals surface area contributed by atoms with Crippen molar-refractivity contribution in [2.24, 2.45) is 0 Å². The Hall–Kier alpha value is -7.95. The molecule has 2 aromatic heterocycles. The zero-order valence-electron chi connectivity index (χ0n) is 32.1. The largest absolute Gasteiger partial charge is 0.309 e. The molecule has 0 spiro atoms. The van der Waals surface area contributed by atoms with Crippen LogP contribution in [0.5, 0.6) is 0 Å². The molecule has 11 rings (SSSR count). The predicted molar refractivity (Wildman–Crippen MR) is 244 cm³/mol. The zero-order chi connectivity index (χ0) is 39.1. The first-order chi connectivity index (χ1) is 29.2. The molecule has 0 unspecified atom stereocenters. The number of para-hydroxylation sites is 1. The maximum atomic E-state index is 5.19. The highest BCUT2D eigenvalue weighted by molar-refractivity contribution is 6.15. The first-order valence-corrected chi connectivity index (χ1v) is 19.9. The molecule has 0 atom stereocenters. The van der Waals surface area contributed by atoms with Crippen LogP contribution in [0.3, 0.4) is 0 Å². The second kappa shape index (κ2) is 14.5. The fraction of sp³-hybridized carbons (Fsp3) is 0. The Morgan fingerprint density at radius 1 is 0.288 bits per heavy atom. The average Bonchev–Trinajstić information content (AvgIpc) is 3.66. The summed E-state index contributed by atoms with van der Waals surface area (Å²) in [5.41, 5.74) is 13.2. The lowest BCUT2D eigenvalue weighted by Gasteiger charge is -2.13. The van der Waals surface area contributed by atoms with Gasteiger partial charge >= 0.3 is 0 Å². The van der Waals surface area contributed by atoms with E-state index in [0.29, 0.717) is 17.5 Å². The molecule has 9 aromatic carbocycles. The highest BCUT2D eigenvalue weighted by Gasteiger charge is 2.18.